The quantitative estimate of drug-likeness (QED) is 0.329. The van der Waals surface area contributed by atoms with Gasteiger partial charge in [0.05, 0.1) is 33.0 Å². The average molecular weight is 318 g/mol. The fourth-order valence-corrected chi connectivity index (χ4v) is 1.04. The van der Waals surface area contributed by atoms with Gasteiger partial charge in [0.1, 0.15) is 25.1 Å². The lowest BCUT2D eigenvalue weighted by atomic mass is 10.4. The maximum atomic E-state index is 8.69. The van der Waals surface area contributed by atoms with Gasteiger partial charge in [0.25, 0.3) is 6.79 Å². The van der Waals surface area contributed by atoms with Crippen LogP contribution in [-0.2, 0) is 14.2 Å². The van der Waals surface area contributed by atoms with Crippen LogP contribution in [0.2, 0.25) is 0 Å². The Kier molecular flexibility index (Phi) is 17.4. The van der Waals surface area contributed by atoms with Crippen LogP contribution >= 0.6 is 0 Å². The van der Waals surface area contributed by atoms with Gasteiger partial charge in [0, 0.05) is 0 Å². The minimum Gasteiger partial charge on any atom is -0.870 e. The molecule has 2 aliphatic rings. The molecule has 10 heteroatoms. The molecule has 130 valence electrons. The van der Waals surface area contributed by atoms with E-state index in [1.165, 1.54) is 0 Å². The predicted octanol–water partition coefficient (Wildman–Crippen LogP) is -3.63. The van der Waals surface area contributed by atoms with Gasteiger partial charge >= 0.3 is 0 Å². The first-order valence-electron chi connectivity index (χ1n) is 6.23. The van der Waals surface area contributed by atoms with Crippen molar-refractivity contribution < 1.29 is 50.0 Å². The molecule has 21 heavy (non-hydrogen) atoms. The Balaban J connectivity index is 0. The van der Waals surface area contributed by atoms with Crippen LogP contribution in [-0.4, -0.2) is 107 Å². The molecule has 0 aliphatic carbocycles. The number of hydrogen-bond acceptors (Lipinski definition) is 9. The second-order valence-electron chi connectivity index (χ2n) is 4.04. The number of aliphatic hydroxyl groups is 7. The van der Waals surface area contributed by atoms with Gasteiger partial charge in [-0.2, -0.15) is 0 Å². The minimum atomic E-state index is -0.954. The molecule has 0 amide bonds. The van der Waals surface area contributed by atoms with Crippen LogP contribution in [0.25, 0.3) is 0 Å². The van der Waals surface area contributed by atoms with Gasteiger partial charge in [-0.05, 0) is 0 Å². The lowest BCUT2D eigenvalue weighted by molar-refractivity contribution is -0.234. The third-order valence-electron chi connectivity index (χ3n) is 2.15. The van der Waals surface area contributed by atoms with Crippen LogP contribution in [0.1, 0.15) is 0 Å². The van der Waals surface area contributed by atoms with Gasteiger partial charge < -0.3 is 50.0 Å². The fourth-order valence-electron chi connectivity index (χ4n) is 1.04. The second-order valence-corrected chi connectivity index (χ2v) is 4.04. The van der Waals surface area contributed by atoms with E-state index in [0.29, 0.717) is 33.4 Å². The zero-order chi connectivity index (χ0) is 15.2. The third kappa shape index (κ3) is 14.3. The van der Waals surface area contributed by atoms with Crippen molar-refractivity contribution in [1.29, 1.82) is 0 Å². The minimum absolute atomic E-state index is 0. The molecule has 2 fully saturated rings. The smallest absolute Gasteiger partial charge is 0.254 e. The molecule has 2 atom stereocenters. The zero-order valence-corrected chi connectivity index (χ0v) is 11.7. The van der Waals surface area contributed by atoms with Crippen molar-refractivity contribution in [2.45, 2.75) is 18.3 Å². The molecule has 2 heterocycles. The van der Waals surface area contributed by atoms with Gasteiger partial charge in [-0.3, -0.25) is 0 Å². The summed E-state index contributed by atoms with van der Waals surface area (Å²) >= 11 is 0. The Morgan fingerprint density at radius 3 is 1.95 bits per heavy atom. The van der Waals surface area contributed by atoms with Gasteiger partial charge in [-0.1, -0.05) is 0 Å². The van der Waals surface area contributed by atoms with Crippen molar-refractivity contribution in [2.75, 3.05) is 53.2 Å². The Labute approximate surface area is 122 Å². The van der Waals surface area contributed by atoms with E-state index in [1.54, 1.807) is 0 Å². The summed E-state index contributed by atoms with van der Waals surface area (Å²) in [5.74, 6) is 0. The van der Waals surface area contributed by atoms with E-state index >= 15 is 0 Å². The Morgan fingerprint density at radius 1 is 1.10 bits per heavy atom. The molecule has 0 aromatic carbocycles. The topological polar surface area (TPSA) is 172 Å². The maximum Gasteiger partial charge on any atom is 0.254 e. The molecule has 2 saturated heterocycles. The fraction of sp³-hybridized carbons (Fsp3) is 1.00. The van der Waals surface area contributed by atoms with Crippen molar-refractivity contribution in [2.24, 2.45) is 0 Å². The molecule has 2 rings (SSSR count). The number of rotatable bonds is 3. The number of ether oxygens (including phenoxy) is 4. The summed E-state index contributed by atoms with van der Waals surface area (Å²) < 4.78 is 18.1. The monoisotopic (exact) mass is 318 g/mol. The largest absolute Gasteiger partial charge is 0.870 e. The molecular weight excluding hydrogens is 292 g/mol. The van der Waals surface area contributed by atoms with Gasteiger partial charge in [-0.15, -0.1) is 0 Å². The van der Waals surface area contributed by atoms with Crippen LogP contribution in [0.5, 0.6) is 0 Å². The van der Waals surface area contributed by atoms with Crippen LogP contribution in [0.3, 0.4) is 0 Å². The highest BCUT2D eigenvalue weighted by Crippen LogP contribution is 1.99. The van der Waals surface area contributed by atoms with Crippen molar-refractivity contribution in [3.05, 3.63) is 0 Å². The lowest BCUT2D eigenvalue weighted by Gasteiger charge is -2.13. The summed E-state index contributed by atoms with van der Waals surface area (Å²) in [6.07, 6.45) is -1.38. The Hall–Kier alpha value is -0.400. The van der Waals surface area contributed by atoms with Gasteiger partial charge in [0.15, 0.2) is 6.61 Å². The molecule has 0 aromatic rings. The molecule has 0 aromatic heterocycles. The van der Waals surface area contributed by atoms with Crippen molar-refractivity contribution in [3.8, 4) is 0 Å². The first-order chi connectivity index (χ1) is 9.63. The lowest BCUT2D eigenvalue weighted by Crippen LogP contribution is -2.30. The van der Waals surface area contributed by atoms with E-state index in [1.807, 2.05) is 0 Å². The van der Waals surface area contributed by atoms with E-state index < -0.39 is 6.10 Å². The molecule has 2 unspecified atom stereocenters. The highest BCUT2D eigenvalue weighted by molar-refractivity contribution is 4.55. The highest BCUT2D eigenvalue weighted by Gasteiger charge is 2.13. The summed E-state index contributed by atoms with van der Waals surface area (Å²) in [6.45, 7) is 1.66. The van der Waals surface area contributed by atoms with Gasteiger partial charge in [-0.25, -0.2) is 0 Å². The van der Waals surface area contributed by atoms with E-state index in [2.05, 4.69) is 4.74 Å². The first kappa shape index (κ1) is 22.9. The summed E-state index contributed by atoms with van der Waals surface area (Å²) in [7, 11) is 0. The number of aliphatic hydroxyl groups excluding tert-OH is 5. The molecule has 0 spiro atoms. The normalized spacial score (nSPS) is 24.3. The Morgan fingerprint density at radius 2 is 1.76 bits per heavy atom. The summed E-state index contributed by atoms with van der Waals surface area (Å²) in [5, 5.41) is 41.1. The van der Waals surface area contributed by atoms with Crippen molar-refractivity contribution in [1.82, 2.24) is 0 Å². The molecular formula is C11H26O10. The van der Waals surface area contributed by atoms with Gasteiger partial charge in [0.2, 0.25) is 0 Å². The van der Waals surface area contributed by atoms with Crippen LogP contribution in [0, 0.1) is 0 Å². The molecule has 0 bridgehead atoms. The highest BCUT2D eigenvalue weighted by atomic mass is 16.7. The molecule has 2 aliphatic heterocycles. The van der Waals surface area contributed by atoms with Crippen molar-refractivity contribution in [3.63, 3.8) is 0 Å². The maximum absolute atomic E-state index is 8.69. The average Bonchev–Trinajstić information content (AvgIpc) is 3.02. The van der Waals surface area contributed by atoms with Crippen molar-refractivity contribution >= 4 is 0 Å². The predicted molar refractivity (Wildman–Crippen MR) is 68.8 cm³/mol. The molecule has 10 nitrogen and oxygen atoms in total. The van der Waals surface area contributed by atoms with Crippen LogP contribution in [0.4, 0.5) is 0 Å². The number of hydrogen-bond donors (Lipinski definition) is 5. The Bertz CT molecular complexity index is 189. The third-order valence-corrected chi connectivity index (χ3v) is 2.15. The van der Waals surface area contributed by atoms with Crippen LogP contribution in [0.15, 0.2) is 0 Å². The SMILES string of the molecule is OC1COC[OH+]C1.OCC(O)CO.OCC1COCO1.[OH-]. The molecule has 0 radical (unpaired) electrons. The zero-order valence-electron chi connectivity index (χ0n) is 11.7. The van der Waals surface area contributed by atoms with E-state index in [4.69, 9.17) is 39.7 Å². The van der Waals surface area contributed by atoms with E-state index in [9.17, 15) is 0 Å². The summed E-state index contributed by atoms with van der Waals surface area (Å²) in [6, 6.07) is 0. The second kappa shape index (κ2) is 16.0. The molecule has 7 N–H and O–H groups in total. The summed E-state index contributed by atoms with van der Waals surface area (Å²) in [5.41, 5.74) is 0. The van der Waals surface area contributed by atoms with E-state index in [-0.39, 0.29) is 37.5 Å². The molecule has 0 saturated carbocycles. The summed E-state index contributed by atoms with van der Waals surface area (Å²) in [4.78, 5) is 0. The van der Waals surface area contributed by atoms with Crippen LogP contribution < -0.4 is 0 Å². The van der Waals surface area contributed by atoms with E-state index in [0.717, 1.165) is 0 Å². The first-order valence-corrected chi connectivity index (χ1v) is 6.23. The standard InChI is InChI=1S/2C4H8O3.C3H8O3.H2O/c5-4-1-6-3-7-2-4;5-1-4-2-6-3-7-4;4-1-3(6)2-5;/h2*4-5H,1-3H2;3-6H,1-2H2;1H2.